The zero-order chi connectivity index (χ0) is 43.4. The second kappa shape index (κ2) is 16.1. The molecule has 1 unspecified atom stereocenters. The normalized spacial score (nSPS) is 17.4. The minimum Gasteiger partial charge on any atom is -0.372 e. The van der Waals surface area contributed by atoms with E-state index in [4.69, 9.17) is 14.6 Å². The SMILES string of the molecule is Cc1cc(-c2ncnc3[nH]c(-c4c(C)nn(C5CN(CC6CCN(c7ccc(N8CCC(=O)NC8=O)cc7)CC6)C5)c4C)cc23)ccc1C(C)NC(=O)c1nc(C(C)(C)C)no1. The topological polar surface area (TPSA) is 183 Å². The van der Waals surface area contributed by atoms with Gasteiger partial charge in [0.05, 0.1) is 29.2 Å². The first-order chi connectivity index (χ1) is 29.7. The summed E-state index contributed by atoms with van der Waals surface area (Å²) in [5, 5.41) is 15.4. The van der Waals surface area contributed by atoms with Crippen LogP contribution in [-0.2, 0) is 10.2 Å². The number of amides is 4. The van der Waals surface area contributed by atoms with Crippen molar-refractivity contribution in [1.29, 1.82) is 0 Å². The number of piperidine rings is 1. The molecule has 4 aromatic heterocycles. The van der Waals surface area contributed by atoms with E-state index in [-0.39, 0.29) is 29.3 Å². The Kier molecular flexibility index (Phi) is 10.7. The molecule has 7 heterocycles. The summed E-state index contributed by atoms with van der Waals surface area (Å²) in [5.74, 6) is 0.449. The third kappa shape index (κ3) is 7.94. The van der Waals surface area contributed by atoms with E-state index < -0.39 is 5.91 Å². The van der Waals surface area contributed by atoms with E-state index in [1.54, 1.807) is 11.2 Å². The molecule has 2 aromatic carbocycles. The van der Waals surface area contributed by atoms with Crippen LogP contribution >= 0.6 is 0 Å². The number of aromatic amines is 1. The highest BCUT2D eigenvalue weighted by Crippen LogP contribution is 2.36. The second-order valence-electron chi connectivity index (χ2n) is 18.2. The van der Waals surface area contributed by atoms with Gasteiger partial charge in [0.2, 0.25) is 5.91 Å². The van der Waals surface area contributed by atoms with E-state index >= 15 is 0 Å². The minimum atomic E-state index is -0.410. The van der Waals surface area contributed by atoms with E-state index in [1.165, 1.54) is 5.69 Å². The Balaban J connectivity index is 0.811. The molecule has 3 aliphatic heterocycles. The van der Waals surface area contributed by atoms with Crippen molar-refractivity contribution in [2.45, 2.75) is 85.2 Å². The lowest BCUT2D eigenvalue weighted by molar-refractivity contribution is -0.120. The summed E-state index contributed by atoms with van der Waals surface area (Å²) < 4.78 is 7.47. The maximum Gasteiger partial charge on any atom is 0.328 e. The number of nitrogens with one attached hydrogen (secondary N) is 3. The van der Waals surface area contributed by atoms with Crippen LogP contribution < -0.4 is 20.4 Å². The minimum absolute atomic E-state index is 0.0493. The van der Waals surface area contributed by atoms with E-state index in [0.29, 0.717) is 30.7 Å². The van der Waals surface area contributed by atoms with Gasteiger partial charge in [-0.15, -0.1) is 0 Å². The molecule has 0 saturated carbocycles. The quantitative estimate of drug-likeness (QED) is 0.132. The first-order valence-electron chi connectivity index (χ1n) is 21.5. The van der Waals surface area contributed by atoms with Crippen LogP contribution in [0.4, 0.5) is 16.2 Å². The summed E-state index contributed by atoms with van der Waals surface area (Å²) in [6, 6.07) is 16.1. The number of carbonyl (C=O) groups is 3. The van der Waals surface area contributed by atoms with Crippen LogP contribution in [0.5, 0.6) is 0 Å². The lowest BCUT2D eigenvalue weighted by Crippen LogP contribution is -2.51. The fraction of sp³-hybridized carbons (Fsp3) is 0.435. The molecule has 3 fully saturated rings. The highest BCUT2D eigenvalue weighted by Gasteiger charge is 2.34. The highest BCUT2D eigenvalue weighted by atomic mass is 16.5. The fourth-order valence-corrected chi connectivity index (χ4v) is 9.22. The summed E-state index contributed by atoms with van der Waals surface area (Å²) in [4.78, 5) is 60.6. The Morgan fingerprint density at radius 1 is 0.968 bits per heavy atom. The fourth-order valence-electron chi connectivity index (χ4n) is 9.22. The lowest BCUT2D eigenvalue weighted by atomic mass is 9.94. The van der Waals surface area contributed by atoms with E-state index in [2.05, 4.69) is 83.3 Å². The van der Waals surface area contributed by atoms with Gasteiger partial charge in [0.25, 0.3) is 0 Å². The number of urea groups is 1. The number of anilines is 2. The number of carbonyl (C=O) groups excluding carboxylic acids is 3. The number of fused-ring (bicyclic) bond motifs is 1. The molecule has 3 saturated heterocycles. The van der Waals surface area contributed by atoms with Gasteiger partial charge in [-0.2, -0.15) is 10.1 Å². The summed E-state index contributed by atoms with van der Waals surface area (Å²) >= 11 is 0. The van der Waals surface area contributed by atoms with Crippen LogP contribution in [0, 0.1) is 26.7 Å². The maximum atomic E-state index is 13.0. The van der Waals surface area contributed by atoms with Gasteiger partial charge in [-0.25, -0.2) is 14.8 Å². The van der Waals surface area contributed by atoms with Crippen LogP contribution in [-0.4, -0.2) is 96.9 Å². The van der Waals surface area contributed by atoms with Crippen molar-refractivity contribution in [3.05, 3.63) is 89.1 Å². The van der Waals surface area contributed by atoms with Crippen molar-refractivity contribution in [2.75, 3.05) is 49.1 Å². The molecular formula is C46H54N12O4. The largest absolute Gasteiger partial charge is 0.372 e. The van der Waals surface area contributed by atoms with Crippen LogP contribution in [0.2, 0.25) is 0 Å². The van der Waals surface area contributed by atoms with Gasteiger partial charge in [0, 0.05) is 84.7 Å². The molecular weight excluding hydrogens is 785 g/mol. The molecule has 0 spiro atoms. The Morgan fingerprint density at radius 2 is 1.71 bits per heavy atom. The Morgan fingerprint density at radius 3 is 2.40 bits per heavy atom. The van der Waals surface area contributed by atoms with Crippen molar-refractivity contribution in [3.63, 3.8) is 0 Å². The molecule has 9 rings (SSSR count). The predicted molar refractivity (Wildman–Crippen MR) is 236 cm³/mol. The first kappa shape index (κ1) is 41.0. The van der Waals surface area contributed by atoms with Gasteiger partial charge in [0.1, 0.15) is 12.0 Å². The average molecular weight is 839 g/mol. The Labute approximate surface area is 360 Å². The predicted octanol–water partition coefficient (Wildman–Crippen LogP) is 6.80. The van der Waals surface area contributed by atoms with Crippen LogP contribution in [0.15, 0.2) is 59.4 Å². The molecule has 6 aromatic rings. The molecule has 16 heteroatoms. The second-order valence-corrected chi connectivity index (χ2v) is 18.2. The molecule has 3 N–H and O–H groups in total. The number of rotatable bonds is 10. The number of imide groups is 1. The summed E-state index contributed by atoms with van der Waals surface area (Å²) in [6.45, 7) is 19.6. The van der Waals surface area contributed by atoms with Gasteiger partial charge in [-0.3, -0.25) is 29.4 Å². The summed E-state index contributed by atoms with van der Waals surface area (Å²) in [5.41, 5.74) is 10.3. The van der Waals surface area contributed by atoms with Gasteiger partial charge >= 0.3 is 17.8 Å². The number of aromatic nitrogens is 7. The summed E-state index contributed by atoms with van der Waals surface area (Å²) in [7, 11) is 0. The molecule has 1 atom stereocenters. The number of aryl methyl sites for hydroxylation is 2. The third-order valence-electron chi connectivity index (χ3n) is 12.7. The van der Waals surface area contributed by atoms with Crippen LogP contribution in [0.1, 0.15) is 98.1 Å². The first-order valence-corrected chi connectivity index (χ1v) is 21.5. The zero-order valence-electron chi connectivity index (χ0n) is 36.5. The molecule has 62 heavy (non-hydrogen) atoms. The Bertz CT molecular complexity index is 2660. The highest BCUT2D eigenvalue weighted by molar-refractivity contribution is 6.05. The van der Waals surface area contributed by atoms with Crippen molar-refractivity contribution >= 4 is 40.3 Å². The van der Waals surface area contributed by atoms with Crippen molar-refractivity contribution in [1.82, 2.24) is 50.4 Å². The molecule has 16 nitrogen and oxygen atoms in total. The third-order valence-corrected chi connectivity index (χ3v) is 12.7. The Hall–Kier alpha value is -6.42. The van der Waals surface area contributed by atoms with Crippen molar-refractivity contribution in [3.8, 4) is 22.5 Å². The number of H-pyrrole nitrogens is 1. The zero-order valence-corrected chi connectivity index (χ0v) is 36.5. The molecule has 0 aliphatic carbocycles. The van der Waals surface area contributed by atoms with Crippen LogP contribution in [0.25, 0.3) is 33.5 Å². The van der Waals surface area contributed by atoms with Crippen molar-refractivity contribution in [2.24, 2.45) is 5.92 Å². The van der Waals surface area contributed by atoms with Crippen LogP contribution in [0.3, 0.4) is 0 Å². The van der Waals surface area contributed by atoms with E-state index in [1.807, 2.05) is 58.9 Å². The van der Waals surface area contributed by atoms with Gasteiger partial charge in [0.15, 0.2) is 5.82 Å². The maximum absolute atomic E-state index is 13.0. The number of nitrogens with zero attached hydrogens (tertiary/aromatic N) is 9. The smallest absolute Gasteiger partial charge is 0.328 e. The average Bonchev–Trinajstić information content (AvgIpc) is 3.97. The molecule has 3 aliphatic rings. The van der Waals surface area contributed by atoms with E-state index in [0.717, 1.165) is 107 Å². The number of likely N-dealkylation sites (tertiary alicyclic amines) is 1. The number of hydrogen-bond donors (Lipinski definition) is 3. The molecule has 0 bridgehead atoms. The molecule has 322 valence electrons. The monoisotopic (exact) mass is 838 g/mol. The molecule has 4 amide bonds. The van der Waals surface area contributed by atoms with Gasteiger partial charge in [-0.1, -0.05) is 38.1 Å². The lowest BCUT2D eigenvalue weighted by Gasteiger charge is -2.43. The number of benzene rings is 2. The summed E-state index contributed by atoms with van der Waals surface area (Å²) in [6.07, 6.45) is 4.18. The van der Waals surface area contributed by atoms with Gasteiger partial charge in [-0.05, 0) is 94.0 Å². The van der Waals surface area contributed by atoms with E-state index in [9.17, 15) is 14.4 Å². The van der Waals surface area contributed by atoms with Gasteiger partial charge < -0.3 is 19.7 Å². The van der Waals surface area contributed by atoms with Crippen molar-refractivity contribution < 1.29 is 18.9 Å². The number of hydrogen-bond acceptors (Lipinski definition) is 11. The standard InChI is InChI=1S/C46H54N12O4/c1-26-20-31(8-13-35(26)27(2)49-42(60)43-52-44(54-62-43)46(5,6)7)40-36-21-37(50-41(36)48-25-47-40)39-28(3)53-58(29(39)4)34-23-55(24-34)22-30-14-17-56(18-15-30)32-9-11-33(12-10-32)57-19-16-38(59)51-45(57)61/h8-13,20-21,25,27,30,34H,14-19,22-24H2,1-7H3,(H,49,60)(H,47,48,50)(H,51,59,61). The molecule has 0 radical (unpaired) electrons.